The average molecular weight is 394 g/mol. The summed E-state index contributed by atoms with van der Waals surface area (Å²) in [7, 11) is 0. The van der Waals surface area contributed by atoms with Gasteiger partial charge >= 0.3 is 0 Å². The molecule has 1 aromatic heterocycles. The minimum Gasteiger partial charge on any atom is -0.490 e. The molecular formula is C22H22N2O5. The SMILES string of the molecule is CCOc1ccccc1OCC(=O)Nc1ccccc1C(=O)NCc1ccco1. The fraction of sp³-hybridized carbons (Fsp3) is 0.182. The Morgan fingerprint density at radius 3 is 2.38 bits per heavy atom. The van der Waals surface area contributed by atoms with Crippen molar-refractivity contribution in [2.75, 3.05) is 18.5 Å². The van der Waals surface area contributed by atoms with Crippen molar-refractivity contribution in [2.24, 2.45) is 0 Å². The van der Waals surface area contributed by atoms with E-state index in [1.807, 2.05) is 13.0 Å². The molecule has 0 saturated heterocycles. The minimum absolute atomic E-state index is 0.216. The van der Waals surface area contributed by atoms with Crippen LogP contribution in [0.3, 0.4) is 0 Å². The molecular weight excluding hydrogens is 372 g/mol. The van der Waals surface area contributed by atoms with Crippen LogP contribution in [0, 0.1) is 0 Å². The Bertz CT molecular complexity index is 953. The highest BCUT2D eigenvalue weighted by atomic mass is 16.5. The van der Waals surface area contributed by atoms with Crippen LogP contribution in [-0.4, -0.2) is 25.0 Å². The van der Waals surface area contributed by atoms with Crippen LogP contribution in [0.25, 0.3) is 0 Å². The lowest BCUT2D eigenvalue weighted by Gasteiger charge is -2.13. The smallest absolute Gasteiger partial charge is 0.262 e. The van der Waals surface area contributed by atoms with Crippen LogP contribution >= 0.6 is 0 Å². The molecule has 0 radical (unpaired) electrons. The van der Waals surface area contributed by atoms with Crippen molar-refractivity contribution in [2.45, 2.75) is 13.5 Å². The molecule has 2 amide bonds. The molecule has 7 heteroatoms. The van der Waals surface area contributed by atoms with Crippen LogP contribution in [0.1, 0.15) is 23.0 Å². The zero-order valence-corrected chi connectivity index (χ0v) is 16.0. The topological polar surface area (TPSA) is 89.8 Å². The first-order valence-electron chi connectivity index (χ1n) is 9.21. The maximum absolute atomic E-state index is 12.5. The molecule has 2 N–H and O–H groups in total. The Balaban J connectivity index is 1.60. The zero-order chi connectivity index (χ0) is 20.5. The third-order valence-electron chi connectivity index (χ3n) is 3.96. The van der Waals surface area contributed by atoms with Crippen LogP contribution in [0.5, 0.6) is 11.5 Å². The number of amides is 2. The summed E-state index contributed by atoms with van der Waals surface area (Å²) < 4.78 is 16.3. The van der Waals surface area contributed by atoms with Gasteiger partial charge in [0.25, 0.3) is 11.8 Å². The molecule has 2 aromatic carbocycles. The van der Waals surface area contributed by atoms with Crippen molar-refractivity contribution in [3.05, 3.63) is 78.3 Å². The Hall–Kier alpha value is -3.74. The molecule has 0 spiro atoms. The fourth-order valence-corrected chi connectivity index (χ4v) is 2.64. The molecule has 3 rings (SSSR count). The molecule has 0 aliphatic heterocycles. The number of anilines is 1. The molecule has 3 aromatic rings. The number of nitrogens with one attached hydrogen (secondary N) is 2. The highest BCUT2D eigenvalue weighted by molar-refractivity contribution is 6.04. The van der Waals surface area contributed by atoms with Crippen LogP contribution < -0.4 is 20.1 Å². The summed E-state index contributed by atoms with van der Waals surface area (Å²) in [5.74, 6) is 0.984. The van der Waals surface area contributed by atoms with Gasteiger partial charge in [-0.3, -0.25) is 9.59 Å². The van der Waals surface area contributed by atoms with Crippen molar-refractivity contribution >= 4 is 17.5 Å². The molecule has 0 saturated carbocycles. The molecule has 0 unspecified atom stereocenters. The van der Waals surface area contributed by atoms with Crippen molar-refractivity contribution in [3.63, 3.8) is 0 Å². The summed E-state index contributed by atoms with van der Waals surface area (Å²) in [4.78, 5) is 24.8. The summed E-state index contributed by atoms with van der Waals surface area (Å²) in [5.41, 5.74) is 0.748. The van der Waals surface area contributed by atoms with E-state index in [0.717, 1.165) is 0 Å². The van der Waals surface area contributed by atoms with Gasteiger partial charge in [0.05, 0.1) is 30.7 Å². The Labute approximate surface area is 168 Å². The number of furan rings is 1. The van der Waals surface area contributed by atoms with Gasteiger partial charge in [0.2, 0.25) is 0 Å². The van der Waals surface area contributed by atoms with Gasteiger partial charge in [0.15, 0.2) is 18.1 Å². The molecule has 0 aliphatic rings. The Morgan fingerprint density at radius 1 is 0.931 bits per heavy atom. The van der Waals surface area contributed by atoms with E-state index in [1.165, 1.54) is 0 Å². The van der Waals surface area contributed by atoms with Gasteiger partial charge in [-0.05, 0) is 43.3 Å². The van der Waals surface area contributed by atoms with Crippen LogP contribution in [0.15, 0.2) is 71.3 Å². The Morgan fingerprint density at radius 2 is 1.66 bits per heavy atom. The van der Waals surface area contributed by atoms with Gasteiger partial charge in [0, 0.05) is 0 Å². The maximum atomic E-state index is 12.5. The summed E-state index contributed by atoms with van der Waals surface area (Å²) in [6.45, 7) is 2.41. The summed E-state index contributed by atoms with van der Waals surface area (Å²) in [5, 5.41) is 5.48. The van der Waals surface area contributed by atoms with Crippen molar-refractivity contribution < 1.29 is 23.5 Å². The molecule has 7 nitrogen and oxygen atoms in total. The highest BCUT2D eigenvalue weighted by Crippen LogP contribution is 2.26. The summed E-state index contributed by atoms with van der Waals surface area (Å²) >= 11 is 0. The molecule has 150 valence electrons. The molecule has 0 atom stereocenters. The first-order chi connectivity index (χ1) is 14.2. The Kier molecular flexibility index (Phi) is 6.89. The number of benzene rings is 2. The van der Waals surface area contributed by atoms with Crippen molar-refractivity contribution in [1.82, 2.24) is 5.32 Å². The third-order valence-corrected chi connectivity index (χ3v) is 3.96. The van der Waals surface area contributed by atoms with E-state index in [1.54, 1.807) is 60.9 Å². The van der Waals surface area contributed by atoms with Crippen molar-refractivity contribution in [3.8, 4) is 11.5 Å². The predicted octanol–water partition coefficient (Wildman–Crippen LogP) is 3.63. The highest BCUT2D eigenvalue weighted by Gasteiger charge is 2.14. The molecule has 1 heterocycles. The molecule has 0 bridgehead atoms. The molecule has 0 fully saturated rings. The minimum atomic E-state index is -0.386. The second kappa shape index (κ2) is 9.98. The van der Waals surface area contributed by atoms with E-state index in [2.05, 4.69) is 10.6 Å². The number of para-hydroxylation sites is 3. The van der Waals surface area contributed by atoms with Gasteiger partial charge in [-0.1, -0.05) is 24.3 Å². The van der Waals surface area contributed by atoms with E-state index in [9.17, 15) is 9.59 Å². The normalized spacial score (nSPS) is 10.2. The monoisotopic (exact) mass is 394 g/mol. The number of rotatable bonds is 9. The van der Waals surface area contributed by atoms with E-state index >= 15 is 0 Å². The van der Waals surface area contributed by atoms with Gasteiger partial charge < -0.3 is 24.5 Å². The largest absolute Gasteiger partial charge is 0.490 e. The van der Waals surface area contributed by atoms with E-state index in [0.29, 0.717) is 35.1 Å². The quantitative estimate of drug-likeness (QED) is 0.579. The standard InChI is InChI=1S/C22H22N2O5/c1-2-27-19-11-5-6-12-20(19)29-15-21(25)24-18-10-4-3-9-17(18)22(26)23-14-16-8-7-13-28-16/h3-13H,2,14-15H2,1H3,(H,23,26)(H,24,25). The number of hydrogen-bond acceptors (Lipinski definition) is 5. The van der Waals surface area contributed by atoms with Crippen LogP contribution in [0.2, 0.25) is 0 Å². The van der Waals surface area contributed by atoms with Gasteiger partial charge in [-0.25, -0.2) is 0 Å². The van der Waals surface area contributed by atoms with E-state index < -0.39 is 0 Å². The molecule has 0 aliphatic carbocycles. The number of carbonyl (C=O) groups is 2. The second-order valence-electron chi connectivity index (χ2n) is 6.02. The molecule has 29 heavy (non-hydrogen) atoms. The van der Waals surface area contributed by atoms with E-state index in [-0.39, 0.29) is 25.0 Å². The summed E-state index contributed by atoms with van der Waals surface area (Å²) in [6, 6.07) is 17.4. The number of hydrogen-bond donors (Lipinski definition) is 2. The van der Waals surface area contributed by atoms with Gasteiger partial charge in [-0.15, -0.1) is 0 Å². The predicted molar refractivity (Wildman–Crippen MR) is 108 cm³/mol. The number of carbonyl (C=O) groups excluding carboxylic acids is 2. The number of ether oxygens (including phenoxy) is 2. The summed E-state index contributed by atoms with van der Waals surface area (Å²) in [6.07, 6.45) is 1.54. The van der Waals surface area contributed by atoms with Gasteiger partial charge in [-0.2, -0.15) is 0 Å². The zero-order valence-electron chi connectivity index (χ0n) is 16.0. The first kappa shape index (κ1) is 20.0. The van der Waals surface area contributed by atoms with Gasteiger partial charge in [0.1, 0.15) is 5.76 Å². The van der Waals surface area contributed by atoms with Crippen LogP contribution in [0.4, 0.5) is 5.69 Å². The lowest BCUT2D eigenvalue weighted by Crippen LogP contribution is -2.26. The third kappa shape index (κ3) is 5.62. The van der Waals surface area contributed by atoms with E-state index in [4.69, 9.17) is 13.9 Å². The second-order valence-corrected chi connectivity index (χ2v) is 6.02. The first-order valence-corrected chi connectivity index (χ1v) is 9.21. The lowest BCUT2D eigenvalue weighted by molar-refractivity contribution is -0.118. The van der Waals surface area contributed by atoms with Crippen LogP contribution in [-0.2, 0) is 11.3 Å². The lowest BCUT2D eigenvalue weighted by atomic mass is 10.1. The average Bonchev–Trinajstić information content (AvgIpc) is 3.26. The van der Waals surface area contributed by atoms with Crippen molar-refractivity contribution in [1.29, 1.82) is 0 Å². The maximum Gasteiger partial charge on any atom is 0.262 e. The fourth-order valence-electron chi connectivity index (χ4n) is 2.64.